The van der Waals surface area contributed by atoms with Gasteiger partial charge in [0.25, 0.3) is 5.91 Å². The summed E-state index contributed by atoms with van der Waals surface area (Å²) in [5.74, 6) is 0.231. The topological polar surface area (TPSA) is 92.2 Å². The number of hydrogen-bond acceptors (Lipinski definition) is 6. The number of carbonyl (C=O) groups is 2. The number of carboxylic acid groups (broad SMARTS) is 1. The van der Waals surface area contributed by atoms with E-state index in [0.717, 1.165) is 11.4 Å². The summed E-state index contributed by atoms with van der Waals surface area (Å²) >= 11 is 0. The highest BCUT2D eigenvalue weighted by Crippen LogP contribution is 2.26. The monoisotopic (exact) mass is 433 g/mol. The summed E-state index contributed by atoms with van der Waals surface area (Å²) in [5.41, 5.74) is 1.58. The average Bonchev–Trinajstić information content (AvgIpc) is 2.84. The number of aromatic nitrogens is 1. The summed E-state index contributed by atoms with van der Waals surface area (Å²) in [6, 6.07) is 17.2. The number of benzene rings is 2. The Morgan fingerprint density at radius 3 is 2.38 bits per heavy atom. The number of amides is 1. The van der Waals surface area contributed by atoms with Crippen LogP contribution >= 0.6 is 0 Å². The number of aromatic carboxylic acids is 1. The third kappa shape index (κ3) is 4.64. The van der Waals surface area contributed by atoms with Crippen LogP contribution in [0.1, 0.15) is 20.7 Å². The molecule has 1 aliphatic heterocycles. The van der Waals surface area contributed by atoms with Crippen molar-refractivity contribution in [1.29, 1.82) is 0 Å². The highest BCUT2D eigenvalue weighted by Gasteiger charge is 2.25. The molecule has 0 aliphatic carbocycles. The van der Waals surface area contributed by atoms with Crippen molar-refractivity contribution in [2.75, 3.05) is 38.2 Å². The predicted octanol–water partition coefficient (Wildman–Crippen LogP) is 3.54. The summed E-state index contributed by atoms with van der Waals surface area (Å²) in [7, 11) is 1.64. The highest BCUT2D eigenvalue weighted by atomic mass is 16.5. The van der Waals surface area contributed by atoms with Crippen molar-refractivity contribution in [3.63, 3.8) is 0 Å². The minimum absolute atomic E-state index is 0.152. The molecule has 32 heavy (non-hydrogen) atoms. The number of carboxylic acids is 1. The number of carbonyl (C=O) groups excluding carboxylic acids is 1. The van der Waals surface area contributed by atoms with Gasteiger partial charge in [0.05, 0.1) is 12.7 Å². The van der Waals surface area contributed by atoms with Crippen LogP contribution in [-0.2, 0) is 0 Å². The van der Waals surface area contributed by atoms with E-state index >= 15 is 0 Å². The fourth-order valence-corrected chi connectivity index (χ4v) is 3.56. The van der Waals surface area contributed by atoms with E-state index in [4.69, 9.17) is 14.6 Å². The zero-order valence-corrected chi connectivity index (χ0v) is 17.6. The number of nitrogens with zero attached hydrogens (tertiary/aromatic N) is 3. The third-order valence-electron chi connectivity index (χ3n) is 5.30. The first-order valence-electron chi connectivity index (χ1n) is 10.2. The van der Waals surface area contributed by atoms with Crippen molar-refractivity contribution in [2.24, 2.45) is 0 Å². The van der Waals surface area contributed by atoms with Gasteiger partial charge in [-0.15, -0.1) is 0 Å². The molecule has 0 radical (unpaired) electrons. The van der Waals surface area contributed by atoms with Crippen LogP contribution in [0.3, 0.4) is 0 Å². The summed E-state index contributed by atoms with van der Waals surface area (Å²) in [5, 5.41) is 9.03. The Balaban J connectivity index is 1.44. The van der Waals surface area contributed by atoms with Crippen LogP contribution in [0, 0.1) is 0 Å². The molecule has 3 aromatic rings. The van der Waals surface area contributed by atoms with Crippen LogP contribution in [0.5, 0.6) is 17.4 Å². The van der Waals surface area contributed by atoms with Gasteiger partial charge in [0.1, 0.15) is 17.1 Å². The van der Waals surface area contributed by atoms with Crippen LogP contribution in [0.2, 0.25) is 0 Å². The van der Waals surface area contributed by atoms with Gasteiger partial charge in [-0.05, 0) is 48.5 Å². The molecule has 4 rings (SSSR count). The van der Waals surface area contributed by atoms with E-state index in [0.29, 0.717) is 37.5 Å². The number of ether oxygens (including phenoxy) is 2. The summed E-state index contributed by atoms with van der Waals surface area (Å²) < 4.78 is 11.1. The van der Waals surface area contributed by atoms with Crippen LogP contribution < -0.4 is 14.4 Å². The summed E-state index contributed by atoms with van der Waals surface area (Å²) in [6.07, 6.45) is 1.55. The van der Waals surface area contributed by atoms with E-state index in [1.807, 2.05) is 24.3 Å². The number of hydrogen-bond donors (Lipinski definition) is 1. The highest BCUT2D eigenvalue weighted by molar-refractivity contribution is 5.96. The van der Waals surface area contributed by atoms with Crippen LogP contribution in [0.15, 0.2) is 66.9 Å². The van der Waals surface area contributed by atoms with Gasteiger partial charge in [-0.3, -0.25) is 4.79 Å². The molecule has 0 unspecified atom stereocenters. The maximum absolute atomic E-state index is 13.2. The number of anilines is 1. The number of piperazine rings is 1. The molecule has 2 heterocycles. The van der Waals surface area contributed by atoms with Gasteiger partial charge in [0.15, 0.2) is 0 Å². The van der Waals surface area contributed by atoms with Gasteiger partial charge in [-0.1, -0.05) is 6.07 Å². The normalized spacial score (nSPS) is 13.5. The summed E-state index contributed by atoms with van der Waals surface area (Å²) in [4.78, 5) is 32.4. The molecule has 2 aromatic carbocycles. The van der Waals surface area contributed by atoms with Gasteiger partial charge < -0.3 is 24.4 Å². The molecule has 1 fully saturated rings. The zero-order chi connectivity index (χ0) is 22.5. The lowest BCUT2D eigenvalue weighted by Crippen LogP contribution is -2.48. The van der Waals surface area contributed by atoms with E-state index in [-0.39, 0.29) is 17.4 Å². The van der Waals surface area contributed by atoms with Gasteiger partial charge in [0.2, 0.25) is 5.88 Å². The lowest BCUT2D eigenvalue weighted by molar-refractivity contribution is 0.0695. The molecule has 0 saturated carbocycles. The molecule has 1 amide bonds. The number of pyridine rings is 1. The van der Waals surface area contributed by atoms with Gasteiger partial charge in [-0.25, -0.2) is 9.78 Å². The fraction of sp³-hybridized carbons (Fsp3) is 0.208. The van der Waals surface area contributed by atoms with E-state index in [1.165, 1.54) is 12.1 Å². The van der Waals surface area contributed by atoms with Crippen LogP contribution in [0.4, 0.5) is 5.69 Å². The first-order valence-corrected chi connectivity index (χ1v) is 10.2. The second-order valence-corrected chi connectivity index (χ2v) is 7.27. The maximum atomic E-state index is 13.2. The van der Waals surface area contributed by atoms with Crippen molar-refractivity contribution >= 4 is 17.6 Å². The number of methoxy groups -OCH3 is 1. The zero-order valence-electron chi connectivity index (χ0n) is 17.6. The van der Waals surface area contributed by atoms with Crippen molar-refractivity contribution in [3.8, 4) is 17.4 Å². The van der Waals surface area contributed by atoms with Crippen molar-refractivity contribution in [1.82, 2.24) is 9.88 Å². The Morgan fingerprint density at radius 1 is 0.938 bits per heavy atom. The van der Waals surface area contributed by atoms with Gasteiger partial charge in [0, 0.05) is 44.1 Å². The molecule has 1 aliphatic rings. The smallest absolute Gasteiger partial charge is 0.335 e. The lowest BCUT2D eigenvalue weighted by atomic mass is 10.2. The minimum Gasteiger partial charge on any atom is -0.497 e. The summed E-state index contributed by atoms with van der Waals surface area (Å²) in [6.45, 7) is 2.54. The maximum Gasteiger partial charge on any atom is 0.335 e. The third-order valence-corrected chi connectivity index (χ3v) is 5.30. The fourth-order valence-electron chi connectivity index (χ4n) is 3.56. The SMILES string of the molecule is COc1cccc(N2CCN(C(=O)c3cccnc3Oc3ccc(C(=O)O)cc3)CC2)c1. The molecule has 0 bridgehead atoms. The largest absolute Gasteiger partial charge is 0.497 e. The standard InChI is InChI=1S/C24H23N3O5/c1-31-20-5-2-4-18(16-20)26-12-14-27(15-13-26)23(28)21-6-3-11-25-22(21)32-19-9-7-17(8-10-19)24(29)30/h2-11,16H,12-15H2,1H3,(H,29,30). The van der Waals surface area contributed by atoms with Crippen molar-refractivity contribution in [3.05, 3.63) is 78.0 Å². The second-order valence-electron chi connectivity index (χ2n) is 7.27. The molecule has 164 valence electrons. The van der Waals surface area contributed by atoms with Gasteiger partial charge >= 0.3 is 5.97 Å². The Bertz CT molecular complexity index is 1110. The quantitative estimate of drug-likeness (QED) is 0.636. The van der Waals surface area contributed by atoms with Crippen molar-refractivity contribution < 1.29 is 24.2 Å². The minimum atomic E-state index is -1.02. The van der Waals surface area contributed by atoms with E-state index in [1.54, 1.807) is 42.5 Å². The van der Waals surface area contributed by atoms with E-state index < -0.39 is 5.97 Å². The molecule has 1 aromatic heterocycles. The van der Waals surface area contributed by atoms with Crippen LogP contribution in [0.25, 0.3) is 0 Å². The molecule has 1 saturated heterocycles. The first-order chi connectivity index (χ1) is 15.5. The Hall–Kier alpha value is -4.07. The Kier molecular flexibility index (Phi) is 6.21. The average molecular weight is 433 g/mol. The molecule has 1 N–H and O–H groups in total. The number of rotatable bonds is 6. The van der Waals surface area contributed by atoms with E-state index in [2.05, 4.69) is 9.88 Å². The molecule has 0 spiro atoms. The first kappa shape index (κ1) is 21.2. The van der Waals surface area contributed by atoms with Gasteiger partial charge in [-0.2, -0.15) is 0 Å². The molecule has 8 heteroatoms. The molecular weight excluding hydrogens is 410 g/mol. The second kappa shape index (κ2) is 9.38. The predicted molar refractivity (Wildman–Crippen MR) is 119 cm³/mol. The van der Waals surface area contributed by atoms with Crippen molar-refractivity contribution in [2.45, 2.75) is 0 Å². The van der Waals surface area contributed by atoms with E-state index in [9.17, 15) is 9.59 Å². The molecule has 8 nitrogen and oxygen atoms in total. The molecular formula is C24H23N3O5. The molecule has 0 atom stereocenters. The lowest BCUT2D eigenvalue weighted by Gasteiger charge is -2.36. The Labute approximate surface area is 185 Å². The Morgan fingerprint density at radius 2 is 1.69 bits per heavy atom. The van der Waals surface area contributed by atoms with Crippen LogP contribution in [-0.4, -0.2) is 60.2 Å².